The number of aromatic nitrogens is 1. The fraction of sp³-hybridized carbons (Fsp3) is 0.200. The van der Waals surface area contributed by atoms with Crippen LogP contribution in [0.3, 0.4) is 0 Å². The van der Waals surface area contributed by atoms with E-state index >= 15 is 0 Å². The minimum Gasteiger partial charge on any atom is -0.629 e. The highest BCUT2D eigenvalue weighted by Crippen LogP contribution is 1.93. The van der Waals surface area contributed by atoms with Crippen LogP contribution >= 0.6 is 0 Å². The highest BCUT2D eigenvalue weighted by atomic mass is 16.5. The molecular formula is C5H8N2O. The summed E-state index contributed by atoms with van der Waals surface area (Å²) in [5.74, 6) is 0. The largest absolute Gasteiger partial charge is 0.629 e. The van der Waals surface area contributed by atoms with Crippen LogP contribution in [0.1, 0.15) is 0 Å². The molecule has 1 aromatic heterocycles. The molecule has 44 valence electrons. The van der Waals surface area contributed by atoms with Crippen molar-refractivity contribution >= 4 is 5.69 Å². The lowest BCUT2D eigenvalue weighted by Crippen LogP contribution is -2.98. The summed E-state index contributed by atoms with van der Waals surface area (Å²) < 4.78 is 0. The first-order chi connectivity index (χ1) is 3.80. The standard InChI is InChI=1S/C5H8N2O/c1-7(8)5-2-3-6-4-5/h2-4,6-7H,1H3. The topological polar surface area (TPSA) is 43.3 Å². The van der Waals surface area contributed by atoms with Crippen LogP contribution in [0.4, 0.5) is 5.69 Å². The highest BCUT2D eigenvalue weighted by molar-refractivity contribution is 5.23. The molecule has 0 aliphatic heterocycles. The lowest BCUT2D eigenvalue weighted by atomic mass is 10.5. The fourth-order valence-electron chi connectivity index (χ4n) is 0.543. The zero-order chi connectivity index (χ0) is 5.98. The van der Waals surface area contributed by atoms with Gasteiger partial charge in [0.1, 0.15) is 5.69 Å². The second-order valence-corrected chi connectivity index (χ2v) is 1.66. The molecule has 0 spiro atoms. The molecule has 0 amide bonds. The third-order valence-electron chi connectivity index (χ3n) is 1.00. The minimum atomic E-state index is 0.103. The summed E-state index contributed by atoms with van der Waals surface area (Å²) >= 11 is 0. The van der Waals surface area contributed by atoms with Crippen molar-refractivity contribution in [2.45, 2.75) is 0 Å². The van der Waals surface area contributed by atoms with Crippen molar-refractivity contribution in [3.63, 3.8) is 0 Å². The van der Waals surface area contributed by atoms with E-state index < -0.39 is 0 Å². The molecule has 2 N–H and O–H groups in total. The Hall–Kier alpha value is -0.800. The number of hydrogen-bond acceptors (Lipinski definition) is 1. The molecule has 1 heterocycles. The Balaban J connectivity index is 2.77. The Morgan fingerprint density at radius 2 is 2.50 bits per heavy atom. The summed E-state index contributed by atoms with van der Waals surface area (Å²) in [6.45, 7) is 0. The van der Waals surface area contributed by atoms with Crippen LogP contribution in [-0.4, -0.2) is 12.0 Å². The number of nitrogens with one attached hydrogen (secondary N) is 2. The van der Waals surface area contributed by atoms with E-state index in [4.69, 9.17) is 0 Å². The molecule has 3 nitrogen and oxygen atoms in total. The zero-order valence-corrected chi connectivity index (χ0v) is 4.64. The van der Waals surface area contributed by atoms with E-state index in [0.717, 1.165) is 5.69 Å². The van der Waals surface area contributed by atoms with E-state index in [1.165, 1.54) is 0 Å². The molecule has 1 aromatic rings. The number of rotatable bonds is 1. The van der Waals surface area contributed by atoms with Crippen LogP contribution in [0.2, 0.25) is 0 Å². The normalized spacial score (nSPS) is 13.8. The van der Waals surface area contributed by atoms with Gasteiger partial charge in [-0.2, -0.15) is 0 Å². The van der Waals surface area contributed by atoms with E-state index in [9.17, 15) is 5.21 Å². The first-order valence-corrected chi connectivity index (χ1v) is 2.44. The van der Waals surface area contributed by atoms with Crippen LogP contribution in [0.15, 0.2) is 18.5 Å². The molecule has 0 saturated carbocycles. The van der Waals surface area contributed by atoms with E-state index in [-0.39, 0.29) is 5.06 Å². The molecule has 1 unspecified atom stereocenters. The molecule has 0 aliphatic rings. The van der Waals surface area contributed by atoms with Gasteiger partial charge in [-0.3, -0.25) is 0 Å². The minimum absolute atomic E-state index is 0.103. The fourth-order valence-corrected chi connectivity index (χ4v) is 0.543. The monoisotopic (exact) mass is 112 g/mol. The average molecular weight is 112 g/mol. The molecule has 0 fully saturated rings. The lowest BCUT2D eigenvalue weighted by molar-refractivity contribution is -0.751. The lowest BCUT2D eigenvalue weighted by Gasteiger charge is -2.11. The van der Waals surface area contributed by atoms with Crippen molar-refractivity contribution in [2.75, 3.05) is 7.05 Å². The summed E-state index contributed by atoms with van der Waals surface area (Å²) in [5.41, 5.74) is 0.741. The quantitative estimate of drug-likeness (QED) is 0.479. The van der Waals surface area contributed by atoms with Crippen LogP contribution in [0.25, 0.3) is 0 Å². The zero-order valence-electron chi connectivity index (χ0n) is 4.64. The summed E-state index contributed by atoms with van der Waals surface area (Å²) in [6, 6.07) is 1.75. The SMILES string of the molecule is C[NH+]([O-])c1cc[nH]c1. The Morgan fingerprint density at radius 3 is 2.75 bits per heavy atom. The van der Waals surface area contributed by atoms with Crippen molar-refractivity contribution in [3.05, 3.63) is 23.7 Å². The predicted octanol–water partition coefficient (Wildman–Crippen LogP) is -0.341. The van der Waals surface area contributed by atoms with Gasteiger partial charge < -0.3 is 15.3 Å². The van der Waals surface area contributed by atoms with Crippen molar-refractivity contribution < 1.29 is 5.06 Å². The second-order valence-electron chi connectivity index (χ2n) is 1.66. The van der Waals surface area contributed by atoms with Gasteiger partial charge in [0, 0.05) is 12.3 Å². The molecule has 0 aliphatic carbocycles. The number of hydrogen-bond donors (Lipinski definition) is 2. The summed E-state index contributed by atoms with van der Waals surface area (Å²) in [5, 5.41) is 10.6. The highest BCUT2D eigenvalue weighted by Gasteiger charge is 1.91. The first kappa shape index (κ1) is 5.34. The van der Waals surface area contributed by atoms with Gasteiger partial charge in [-0.05, 0) is 0 Å². The van der Waals surface area contributed by atoms with E-state index in [1.807, 2.05) is 0 Å². The van der Waals surface area contributed by atoms with Crippen LogP contribution in [-0.2, 0) is 0 Å². The Morgan fingerprint density at radius 1 is 1.75 bits per heavy atom. The summed E-state index contributed by atoms with van der Waals surface area (Å²) in [4.78, 5) is 2.79. The molecule has 3 heteroatoms. The van der Waals surface area contributed by atoms with E-state index in [0.29, 0.717) is 0 Å². The van der Waals surface area contributed by atoms with Gasteiger partial charge in [0.05, 0.1) is 13.2 Å². The van der Waals surface area contributed by atoms with E-state index in [2.05, 4.69) is 4.98 Å². The number of quaternary nitrogens is 1. The summed E-state index contributed by atoms with van der Waals surface area (Å²) in [6.07, 6.45) is 3.42. The predicted molar refractivity (Wildman–Crippen MR) is 30.7 cm³/mol. The first-order valence-electron chi connectivity index (χ1n) is 2.44. The molecule has 0 saturated heterocycles. The van der Waals surface area contributed by atoms with Gasteiger partial charge in [-0.25, -0.2) is 0 Å². The second kappa shape index (κ2) is 1.98. The van der Waals surface area contributed by atoms with Crippen molar-refractivity contribution in [2.24, 2.45) is 0 Å². The Labute approximate surface area is 47.5 Å². The number of hydroxylamine groups is 1. The third kappa shape index (κ3) is 0.882. The maximum Gasteiger partial charge on any atom is 0.148 e. The molecule has 0 radical (unpaired) electrons. The number of H-pyrrole nitrogens is 1. The van der Waals surface area contributed by atoms with Gasteiger partial charge in [0.25, 0.3) is 0 Å². The maximum absolute atomic E-state index is 10.5. The summed E-state index contributed by atoms with van der Waals surface area (Å²) in [7, 11) is 1.54. The molecule has 1 atom stereocenters. The Kier molecular flexibility index (Phi) is 1.32. The van der Waals surface area contributed by atoms with E-state index in [1.54, 1.807) is 25.5 Å². The van der Waals surface area contributed by atoms with Crippen LogP contribution in [0, 0.1) is 5.21 Å². The van der Waals surface area contributed by atoms with Gasteiger partial charge in [0.15, 0.2) is 0 Å². The maximum atomic E-state index is 10.5. The smallest absolute Gasteiger partial charge is 0.148 e. The van der Waals surface area contributed by atoms with Gasteiger partial charge >= 0.3 is 0 Å². The van der Waals surface area contributed by atoms with Gasteiger partial charge in [-0.1, -0.05) is 0 Å². The van der Waals surface area contributed by atoms with Crippen molar-refractivity contribution in [1.82, 2.24) is 4.98 Å². The Bertz CT molecular complexity index is 145. The molecule has 8 heavy (non-hydrogen) atoms. The third-order valence-corrected chi connectivity index (χ3v) is 1.00. The van der Waals surface area contributed by atoms with Crippen molar-refractivity contribution in [1.29, 1.82) is 0 Å². The van der Waals surface area contributed by atoms with Crippen LogP contribution < -0.4 is 5.06 Å². The molecular weight excluding hydrogens is 104 g/mol. The van der Waals surface area contributed by atoms with Gasteiger partial charge in [-0.15, -0.1) is 0 Å². The molecule has 1 rings (SSSR count). The van der Waals surface area contributed by atoms with Gasteiger partial charge in [0.2, 0.25) is 0 Å². The number of aromatic amines is 1. The van der Waals surface area contributed by atoms with Crippen molar-refractivity contribution in [3.8, 4) is 0 Å². The molecule has 0 bridgehead atoms. The average Bonchev–Trinajstić information content (AvgIpc) is 2.12. The molecule has 0 aromatic carbocycles. The van der Waals surface area contributed by atoms with Crippen LogP contribution in [0.5, 0.6) is 0 Å².